The van der Waals surface area contributed by atoms with Gasteiger partial charge in [0.1, 0.15) is 23.1 Å². The van der Waals surface area contributed by atoms with Gasteiger partial charge in [0.2, 0.25) is 5.91 Å². The SMILES string of the molecule is COc1ccc(CNC(=O)CC[C@@]2(C)C(=O)CC[C@@H]3[C@@H]2C(=O)C[C@]2(C)C(=O)CC[C@@]32O)cc1. The van der Waals surface area contributed by atoms with Crippen LogP contribution in [-0.4, -0.2) is 41.1 Å². The Bertz CT molecular complexity index is 987. The molecule has 3 aliphatic carbocycles. The maximum Gasteiger partial charge on any atom is 0.220 e. The van der Waals surface area contributed by atoms with Crippen LogP contribution in [0.5, 0.6) is 5.75 Å². The molecule has 0 spiro atoms. The molecule has 7 heteroatoms. The average molecular weight is 456 g/mol. The van der Waals surface area contributed by atoms with Crippen molar-refractivity contribution in [2.45, 2.75) is 70.9 Å². The van der Waals surface area contributed by atoms with Gasteiger partial charge in [0.05, 0.1) is 18.1 Å². The Balaban J connectivity index is 1.46. The van der Waals surface area contributed by atoms with Crippen LogP contribution in [0.2, 0.25) is 0 Å². The third kappa shape index (κ3) is 3.70. The molecule has 7 nitrogen and oxygen atoms in total. The van der Waals surface area contributed by atoms with Crippen molar-refractivity contribution in [2.24, 2.45) is 22.7 Å². The van der Waals surface area contributed by atoms with Crippen molar-refractivity contribution in [2.75, 3.05) is 7.11 Å². The van der Waals surface area contributed by atoms with Crippen LogP contribution in [0, 0.1) is 22.7 Å². The Morgan fingerprint density at radius 2 is 1.82 bits per heavy atom. The largest absolute Gasteiger partial charge is 0.497 e. The predicted molar refractivity (Wildman–Crippen MR) is 120 cm³/mol. The standard InChI is InChI=1S/C26H33NO6/c1-24(12-11-22(31)27-15-16-4-6-17(33-3)7-5-16)20(29)9-8-18-23(24)19(28)14-25(2)21(30)10-13-26(18,25)32/h4-7,18,23,32H,8-15H2,1-3H3,(H,27,31)/t18-,23-,24+,25-,26-/m1/s1. The normalized spacial score (nSPS) is 35.7. The van der Waals surface area contributed by atoms with E-state index in [-0.39, 0.29) is 55.4 Å². The summed E-state index contributed by atoms with van der Waals surface area (Å²) in [5.41, 5.74) is -2.41. The van der Waals surface area contributed by atoms with Crippen LogP contribution in [0.25, 0.3) is 0 Å². The summed E-state index contributed by atoms with van der Waals surface area (Å²) in [6.45, 7) is 3.83. The van der Waals surface area contributed by atoms with Crippen LogP contribution in [0.15, 0.2) is 24.3 Å². The van der Waals surface area contributed by atoms with Crippen molar-refractivity contribution in [1.82, 2.24) is 5.32 Å². The Morgan fingerprint density at radius 3 is 2.48 bits per heavy atom. The number of rotatable bonds is 6. The summed E-state index contributed by atoms with van der Waals surface area (Å²) in [6.07, 6.45) is 1.59. The fraction of sp³-hybridized carbons (Fsp3) is 0.615. The minimum atomic E-state index is -1.26. The quantitative estimate of drug-likeness (QED) is 0.683. The van der Waals surface area contributed by atoms with Crippen molar-refractivity contribution >= 4 is 23.3 Å². The number of benzene rings is 1. The highest BCUT2D eigenvalue weighted by Crippen LogP contribution is 2.62. The van der Waals surface area contributed by atoms with Crippen molar-refractivity contribution in [3.05, 3.63) is 29.8 Å². The fourth-order valence-corrected chi connectivity index (χ4v) is 6.55. The number of carbonyl (C=O) groups excluding carboxylic acids is 4. The van der Waals surface area contributed by atoms with Gasteiger partial charge < -0.3 is 15.2 Å². The Morgan fingerprint density at radius 1 is 1.12 bits per heavy atom. The summed E-state index contributed by atoms with van der Waals surface area (Å²) >= 11 is 0. The van der Waals surface area contributed by atoms with E-state index in [0.717, 1.165) is 11.3 Å². The van der Waals surface area contributed by atoms with E-state index in [4.69, 9.17) is 4.74 Å². The molecule has 0 saturated heterocycles. The van der Waals surface area contributed by atoms with Crippen molar-refractivity contribution in [3.63, 3.8) is 0 Å². The number of fused-ring (bicyclic) bond motifs is 3. The molecule has 3 saturated carbocycles. The molecule has 4 rings (SSSR count). The summed E-state index contributed by atoms with van der Waals surface area (Å²) in [4.78, 5) is 51.5. The van der Waals surface area contributed by atoms with E-state index in [0.29, 0.717) is 19.4 Å². The van der Waals surface area contributed by atoms with Crippen LogP contribution in [0.4, 0.5) is 0 Å². The van der Waals surface area contributed by atoms with Crippen LogP contribution in [-0.2, 0) is 25.7 Å². The number of aliphatic hydroxyl groups is 1. The molecule has 0 aromatic heterocycles. The molecule has 3 aliphatic rings. The molecule has 33 heavy (non-hydrogen) atoms. The number of hydrogen-bond acceptors (Lipinski definition) is 6. The molecule has 0 radical (unpaired) electrons. The Labute approximate surface area is 194 Å². The number of carbonyl (C=O) groups is 4. The average Bonchev–Trinajstić information content (AvgIpc) is 3.03. The van der Waals surface area contributed by atoms with Gasteiger partial charge in [-0.3, -0.25) is 19.2 Å². The van der Waals surface area contributed by atoms with Gasteiger partial charge in [-0.2, -0.15) is 0 Å². The number of methoxy groups -OCH3 is 1. The van der Waals surface area contributed by atoms with E-state index >= 15 is 0 Å². The molecule has 2 N–H and O–H groups in total. The van der Waals surface area contributed by atoms with Crippen molar-refractivity contribution in [1.29, 1.82) is 0 Å². The molecule has 1 aromatic carbocycles. The Kier molecular flexibility index (Phi) is 5.97. The van der Waals surface area contributed by atoms with Crippen LogP contribution < -0.4 is 10.1 Å². The first kappa shape index (κ1) is 23.6. The first-order valence-electron chi connectivity index (χ1n) is 11.8. The molecule has 0 aliphatic heterocycles. The zero-order valence-electron chi connectivity index (χ0n) is 19.6. The monoisotopic (exact) mass is 455 g/mol. The van der Waals surface area contributed by atoms with Gasteiger partial charge in [-0.25, -0.2) is 0 Å². The van der Waals surface area contributed by atoms with Crippen molar-refractivity contribution in [3.8, 4) is 5.75 Å². The summed E-state index contributed by atoms with van der Waals surface area (Å²) in [5, 5.41) is 14.5. The van der Waals surface area contributed by atoms with E-state index in [2.05, 4.69) is 5.32 Å². The maximum atomic E-state index is 13.3. The third-order valence-electron chi connectivity index (χ3n) is 8.72. The van der Waals surface area contributed by atoms with Crippen LogP contribution in [0.3, 0.4) is 0 Å². The minimum Gasteiger partial charge on any atom is -0.497 e. The number of amides is 1. The topological polar surface area (TPSA) is 110 Å². The highest BCUT2D eigenvalue weighted by Gasteiger charge is 2.69. The van der Waals surface area contributed by atoms with Gasteiger partial charge in [0.15, 0.2) is 0 Å². The highest BCUT2D eigenvalue weighted by molar-refractivity contribution is 6.00. The first-order chi connectivity index (χ1) is 15.5. The highest BCUT2D eigenvalue weighted by atomic mass is 16.5. The van der Waals surface area contributed by atoms with Gasteiger partial charge in [-0.15, -0.1) is 0 Å². The lowest BCUT2D eigenvalue weighted by molar-refractivity contribution is -0.190. The molecule has 5 atom stereocenters. The van der Waals surface area contributed by atoms with Crippen LogP contribution in [0.1, 0.15) is 64.4 Å². The second-order valence-electron chi connectivity index (χ2n) is 10.4. The van der Waals surface area contributed by atoms with E-state index in [1.807, 2.05) is 24.3 Å². The zero-order valence-corrected chi connectivity index (χ0v) is 19.6. The molecule has 0 unspecified atom stereocenters. The molecule has 178 valence electrons. The predicted octanol–water partition coefficient (Wildman–Crippen LogP) is 2.77. The smallest absolute Gasteiger partial charge is 0.220 e. The van der Waals surface area contributed by atoms with E-state index in [1.54, 1.807) is 21.0 Å². The lowest BCUT2D eigenvalue weighted by Gasteiger charge is -2.56. The summed E-state index contributed by atoms with van der Waals surface area (Å²) in [5.74, 6) is -0.758. The van der Waals surface area contributed by atoms with Crippen molar-refractivity contribution < 1.29 is 29.0 Å². The molecule has 3 fully saturated rings. The number of ether oxygens (including phenoxy) is 1. The zero-order chi connectivity index (χ0) is 24.0. The maximum absolute atomic E-state index is 13.3. The number of Topliss-reactive ketones (excluding diaryl/α,β-unsaturated/α-hetero) is 3. The lowest BCUT2D eigenvalue weighted by atomic mass is 9.47. The molecule has 1 aromatic rings. The second-order valence-corrected chi connectivity index (χ2v) is 10.4. The van der Waals surface area contributed by atoms with Gasteiger partial charge in [-0.1, -0.05) is 19.1 Å². The summed E-state index contributed by atoms with van der Waals surface area (Å²) < 4.78 is 5.14. The number of hydrogen-bond donors (Lipinski definition) is 2. The van der Waals surface area contributed by atoms with Gasteiger partial charge in [0, 0.05) is 43.6 Å². The lowest BCUT2D eigenvalue weighted by Crippen LogP contribution is -2.65. The first-order valence-corrected chi connectivity index (χ1v) is 11.8. The van der Waals surface area contributed by atoms with E-state index in [9.17, 15) is 24.3 Å². The van der Waals surface area contributed by atoms with Gasteiger partial charge in [0.25, 0.3) is 0 Å². The fourth-order valence-electron chi connectivity index (χ4n) is 6.55. The molecular weight excluding hydrogens is 422 g/mol. The van der Waals surface area contributed by atoms with E-state index in [1.165, 1.54) is 0 Å². The summed E-state index contributed by atoms with van der Waals surface area (Å²) in [7, 11) is 1.59. The second kappa shape index (κ2) is 8.35. The summed E-state index contributed by atoms with van der Waals surface area (Å²) in [6, 6.07) is 7.39. The minimum absolute atomic E-state index is 0.0309. The molecule has 1 amide bonds. The molecular formula is C26H33NO6. The Hall–Kier alpha value is -2.54. The molecule has 0 bridgehead atoms. The van der Waals surface area contributed by atoms with Crippen LogP contribution >= 0.6 is 0 Å². The van der Waals surface area contributed by atoms with Gasteiger partial charge >= 0.3 is 0 Å². The van der Waals surface area contributed by atoms with E-state index < -0.39 is 28.3 Å². The molecule has 0 heterocycles. The third-order valence-corrected chi connectivity index (χ3v) is 8.72. The van der Waals surface area contributed by atoms with Gasteiger partial charge in [-0.05, 0) is 49.8 Å². The number of ketones is 3. The number of nitrogens with one attached hydrogen (secondary N) is 1.